The summed E-state index contributed by atoms with van der Waals surface area (Å²) in [6.45, 7) is 3.24. The summed E-state index contributed by atoms with van der Waals surface area (Å²) < 4.78 is 0. The number of unbranched alkanes of at least 4 members (excludes halogenated alkanes) is 3. The summed E-state index contributed by atoms with van der Waals surface area (Å²) in [7, 11) is 0. The summed E-state index contributed by atoms with van der Waals surface area (Å²) in [5.41, 5.74) is 0. The molecule has 1 fully saturated rings. The lowest BCUT2D eigenvalue weighted by atomic mass is 9.94. The molecule has 0 aromatic heterocycles. The monoisotopic (exact) mass is 197 g/mol. The summed E-state index contributed by atoms with van der Waals surface area (Å²) >= 11 is 0. The van der Waals surface area contributed by atoms with Gasteiger partial charge in [0, 0.05) is 6.42 Å². The maximum Gasteiger partial charge on any atom is 0.149 e. The minimum Gasteiger partial charge on any atom is -0.307 e. The lowest BCUT2D eigenvalue weighted by molar-refractivity contribution is -0.122. The number of ketones is 1. The third kappa shape index (κ3) is 4.23. The van der Waals surface area contributed by atoms with Crippen LogP contribution in [-0.2, 0) is 4.79 Å². The first-order valence-electron chi connectivity index (χ1n) is 6.10. The van der Waals surface area contributed by atoms with Crippen LogP contribution in [0, 0.1) is 0 Å². The van der Waals surface area contributed by atoms with E-state index in [1.54, 1.807) is 0 Å². The second kappa shape index (κ2) is 6.99. The molecule has 2 heteroatoms. The molecule has 0 aliphatic heterocycles. The molecule has 0 aromatic carbocycles. The van der Waals surface area contributed by atoms with E-state index in [9.17, 15) is 4.79 Å². The van der Waals surface area contributed by atoms with Crippen molar-refractivity contribution in [3.05, 3.63) is 0 Å². The van der Waals surface area contributed by atoms with E-state index in [0.29, 0.717) is 5.78 Å². The fourth-order valence-electron chi connectivity index (χ4n) is 2.03. The van der Waals surface area contributed by atoms with Crippen LogP contribution in [0.3, 0.4) is 0 Å². The van der Waals surface area contributed by atoms with E-state index in [0.717, 1.165) is 25.8 Å². The Hall–Kier alpha value is -0.370. The van der Waals surface area contributed by atoms with Crippen molar-refractivity contribution in [3.63, 3.8) is 0 Å². The van der Waals surface area contributed by atoms with Gasteiger partial charge in [-0.2, -0.15) is 0 Å². The summed E-state index contributed by atoms with van der Waals surface area (Å²) in [4.78, 5) is 11.5. The van der Waals surface area contributed by atoms with Crippen LogP contribution in [-0.4, -0.2) is 18.4 Å². The van der Waals surface area contributed by atoms with Gasteiger partial charge in [-0.3, -0.25) is 4.79 Å². The predicted octanol–water partition coefficient (Wildman–Crippen LogP) is 2.67. The number of hydrogen-bond donors (Lipinski definition) is 1. The van der Waals surface area contributed by atoms with E-state index in [4.69, 9.17) is 0 Å². The normalized spacial score (nSPS) is 22.6. The Morgan fingerprint density at radius 1 is 1.29 bits per heavy atom. The van der Waals surface area contributed by atoms with Crippen molar-refractivity contribution in [3.8, 4) is 0 Å². The molecule has 0 radical (unpaired) electrons. The van der Waals surface area contributed by atoms with Crippen LogP contribution in [0.2, 0.25) is 0 Å². The van der Waals surface area contributed by atoms with E-state index < -0.39 is 0 Å². The van der Waals surface area contributed by atoms with E-state index >= 15 is 0 Å². The number of carbonyl (C=O) groups is 1. The molecular weight excluding hydrogens is 174 g/mol. The number of rotatable bonds is 6. The first-order valence-corrected chi connectivity index (χ1v) is 6.10. The molecule has 1 N–H and O–H groups in total. The maximum absolute atomic E-state index is 11.5. The molecule has 0 bridgehead atoms. The van der Waals surface area contributed by atoms with Crippen molar-refractivity contribution in [2.45, 2.75) is 64.3 Å². The zero-order chi connectivity index (χ0) is 10.2. The standard InChI is InChI=1S/C12H23NO/c1-2-3-4-7-10-13-11-8-5-6-9-12(11)14/h11,13H,2-10H2,1H3. The molecule has 1 saturated carbocycles. The summed E-state index contributed by atoms with van der Waals surface area (Å²) in [5, 5.41) is 3.38. The van der Waals surface area contributed by atoms with Gasteiger partial charge in [0.1, 0.15) is 5.78 Å². The highest BCUT2D eigenvalue weighted by Crippen LogP contribution is 2.14. The molecule has 1 atom stereocenters. The number of Topliss-reactive ketones (excluding diaryl/α,β-unsaturated/α-hetero) is 1. The van der Waals surface area contributed by atoms with Gasteiger partial charge >= 0.3 is 0 Å². The van der Waals surface area contributed by atoms with Crippen LogP contribution in [0.25, 0.3) is 0 Å². The fourth-order valence-corrected chi connectivity index (χ4v) is 2.03. The van der Waals surface area contributed by atoms with Crippen LogP contribution >= 0.6 is 0 Å². The Morgan fingerprint density at radius 2 is 2.14 bits per heavy atom. The molecule has 1 aliphatic rings. The Morgan fingerprint density at radius 3 is 2.86 bits per heavy atom. The van der Waals surface area contributed by atoms with Gasteiger partial charge in [0.05, 0.1) is 6.04 Å². The molecule has 82 valence electrons. The fraction of sp³-hybridized carbons (Fsp3) is 0.917. The van der Waals surface area contributed by atoms with Gasteiger partial charge < -0.3 is 5.32 Å². The molecule has 2 nitrogen and oxygen atoms in total. The highest BCUT2D eigenvalue weighted by atomic mass is 16.1. The molecule has 1 rings (SSSR count). The van der Waals surface area contributed by atoms with E-state index in [1.807, 2.05) is 0 Å². The first-order chi connectivity index (χ1) is 6.84. The van der Waals surface area contributed by atoms with Crippen LogP contribution in [0.15, 0.2) is 0 Å². The van der Waals surface area contributed by atoms with Gasteiger partial charge in [0.15, 0.2) is 0 Å². The number of hydrogen-bond acceptors (Lipinski definition) is 2. The highest BCUT2D eigenvalue weighted by molar-refractivity contribution is 5.84. The predicted molar refractivity (Wildman–Crippen MR) is 59.4 cm³/mol. The van der Waals surface area contributed by atoms with E-state index in [2.05, 4.69) is 12.2 Å². The lowest BCUT2D eigenvalue weighted by Crippen LogP contribution is -2.39. The molecule has 0 saturated heterocycles. The van der Waals surface area contributed by atoms with Gasteiger partial charge in [0.2, 0.25) is 0 Å². The van der Waals surface area contributed by atoms with E-state index in [-0.39, 0.29) is 6.04 Å². The van der Waals surface area contributed by atoms with Crippen molar-refractivity contribution in [2.75, 3.05) is 6.54 Å². The molecule has 1 unspecified atom stereocenters. The molecule has 1 aliphatic carbocycles. The topological polar surface area (TPSA) is 29.1 Å². The minimum atomic E-state index is 0.186. The number of nitrogens with one attached hydrogen (secondary N) is 1. The molecule has 14 heavy (non-hydrogen) atoms. The zero-order valence-corrected chi connectivity index (χ0v) is 9.35. The average Bonchev–Trinajstić information content (AvgIpc) is 2.20. The van der Waals surface area contributed by atoms with Crippen LogP contribution in [0.1, 0.15) is 58.3 Å². The molecular formula is C12H23NO. The number of carbonyl (C=O) groups excluding carboxylic acids is 1. The molecule has 0 aromatic rings. The van der Waals surface area contributed by atoms with Gasteiger partial charge in [-0.15, -0.1) is 0 Å². The van der Waals surface area contributed by atoms with Crippen LogP contribution in [0.5, 0.6) is 0 Å². The van der Waals surface area contributed by atoms with Crippen molar-refractivity contribution in [1.29, 1.82) is 0 Å². The Bertz CT molecular complexity index is 168. The van der Waals surface area contributed by atoms with Crippen molar-refractivity contribution >= 4 is 5.78 Å². The van der Waals surface area contributed by atoms with Gasteiger partial charge in [0.25, 0.3) is 0 Å². The highest BCUT2D eigenvalue weighted by Gasteiger charge is 2.20. The summed E-state index contributed by atoms with van der Waals surface area (Å²) in [5.74, 6) is 0.437. The Balaban J connectivity index is 2.02. The zero-order valence-electron chi connectivity index (χ0n) is 9.35. The maximum atomic E-state index is 11.5. The molecule has 0 spiro atoms. The smallest absolute Gasteiger partial charge is 0.149 e. The van der Waals surface area contributed by atoms with Crippen molar-refractivity contribution < 1.29 is 4.79 Å². The third-order valence-electron chi connectivity index (χ3n) is 2.98. The van der Waals surface area contributed by atoms with Gasteiger partial charge in [-0.25, -0.2) is 0 Å². The quantitative estimate of drug-likeness (QED) is 0.663. The molecule has 0 amide bonds. The Kier molecular flexibility index (Phi) is 5.85. The van der Waals surface area contributed by atoms with E-state index in [1.165, 1.54) is 32.1 Å². The SMILES string of the molecule is CCCCCCNC1CCCCC1=O. The van der Waals surface area contributed by atoms with Crippen molar-refractivity contribution in [1.82, 2.24) is 5.32 Å². The van der Waals surface area contributed by atoms with Crippen molar-refractivity contribution in [2.24, 2.45) is 0 Å². The average molecular weight is 197 g/mol. The third-order valence-corrected chi connectivity index (χ3v) is 2.98. The van der Waals surface area contributed by atoms with Crippen LogP contribution < -0.4 is 5.32 Å². The minimum absolute atomic E-state index is 0.186. The summed E-state index contributed by atoms with van der Waals surface area (Å²) in [6.07, 6.45) is 9.30. The molecule has 0 heterocycles. The second-order valence-corrected chi connectivity index (χ2v) is 4.28. The van der Waals surface area contributed by atoms with Crippen LogP contribution in [0.4, 0.5) is 0 Å². The first kappa shape index (κ1) is 11.7. The van der Waals surface area contributed by atoms with Gasteiger partial charge in [-0.05, 0) is 25.8 Å². The second-order valence-electron chi connectivity index (χ2n) is 4.28. The lowest BCUT2D eigenvalue weighted by Gasteiger charge is -2.21. The van der Waals surface area contributed by atoms with Gasteiger partial charge in [-0.1, -0.05) is 32.6 Å². The Labute approximate surface area is 87.5 Å². The largest absolute Gasteiger partial charge is 0.307 e. The summed E-state index contributed by atoms with van der Waals surface area (Å²) in [6, 6.07) is 0.186.